The van der Waals surface area contributed by atoms with Crippen LogP contribution in [0.15, 0.2) is 30.5 Å². The van der Waals surface area contributed by atoms with Gasteiger partial charge in [0.15, 0.2) is 0 Å². The summed E-state index contributed by atoms with van der Waals surface area (Å²) in [5.41, 5.74) is 0.681. The van der Waals surface area contributed by atoms with Crippen LogP contribution in [-0.4, -0.2) is 39.4 Å². The van der Waals surface area contributed by atoms with Crippen LogP contribution < -0.4 is 10.6 Å². The molecule has 2 heterocycles. The first-order chi connectivity index (χ1) is 11.8. The summed E-state index contributed by atoms with van der Waals surface area (Å²) >= 11 is 0. The first-order valence-electron chi connectivity index (χ1n) is 8.34. The van der Waals surface area contributed by atoms with Gasteiger partial charge in [-0.3, -0.25) is 14.9 Å². The van der Waals surface area contributed by atoms with Gasteiger partial charge in [-0.1, -0.05) is 13.0 Å². The summed E-state index contributed by atoms with van der Waals surface area (Å²) in [5, 5.41) is 6.15. The fourth-order valence-electron chi connectivity index (χ4n) is 3.01. The third-order valence-corrected chi connectivity index (χ3v) is 4.52. The van der Waals surface area contributed by atoms with Crippen molar-refractivity contribution in [1.82, 2.24) is 14.8 Å². The van der Waals surface area contributed by atoms with Crippen molar-refractivity contribution in [3.63, 3.8) is 0 Å². The summed E-state index contributed by atoms with van der Waals surface area (Å²) in [6.07, 6.45) is 3.05. The zero-order valence-corrected chi connectivity index (χ0v) is 14.6. The number of urea groups is 1. The van der Waals surface area contributed by atoms with Gasteiger partial charge in [0.1, 0.15) is 12.1 Å². The van der Waals surface area contributed by atoms with Gasteiger partial charge in [0.2, 0.25) is 5.91 Å². The molecule has 0 aliphatic carbocycles. The van der Waals surface area contributed by atoms with E-state index in [4.69, 9.17) is 0 Å². The molecule has 4 amide bonds. The third-order valence-electron chi connectivity index (χ3n) is 4.52. The fraction of sp³-hybridized carbons (Fsp3) is 0.389. The molecule has 7 nitrogen and oxygen atoms in total. The molecule has 0 saturated carbocycles. The molecule has 132 valence electrons. The van der Waals surface area contributed by atoms with Gasteiger partial charge in [0, 0.05) is 18.4 Å². The van der Waals surface area contributed by atoms with E-state index in [0.29, 0.717) is 5.69 Å². The Kier molecular flexibility index (Phi) is 4.24. The topological polar surface area (TPSA) is 83.4 Å². The molecule has 1 saturated heterocycles. The summed E-state index contributed by atoms with van der Waals surface area (Å²) in [6, 6.07) is 7.20. The predicted octanol–water partition coefficient (Wildman–Crippen LogP) is 2.32. The van der Waals surface area contributed by atoms with Crippen LogP contribution in [0.1, 0.15) is 27.2 Å². The Labute approximate surface area is 146 Å². The number of hydrogen-bond donors (Lipinski definition) is 2. The summed E-state index contributed by atoms with van der Waals surface area (Å²) < 4.78 is 2.14. The number of benzene rings is 1. The predicted molar refractivity (Wildman–Crippen MR) is 95.2 cm³/mol. The van der Waals surface area contributed by atoms with Gasteiger partial charge in [0.05, 0.1) is 5.52 Å². The molecule has 1 aromatic heterocycles. The van der Waals surface area contributed by atoms with E-state index in [-0.39, 0.29) is 12.5 Å². The Morgan fingerprint density at radius 2 is 2.00 bits per heavy atom. The lowest BCUT2D eigenvalue weighted by atomic mass is 10.0. The molecule has 1 aliphatic rings. The first kappa shape index (κ1) is 17.0. The highest BCUT2D eigenvalue weighted by Crippen LogP contribution is 2.23. The molecule has 2 N–H and O–H groups in total. The smallest absolute Gasteiger partial charge is 0.325 e. The molecule has 2 aromatic rings. The maximum atomic E-state index is 12.3. The maximum Gasteiger partial charge on any atom is 0.325 e. The molecule has 0 radical (unpaired) electrons. The Morgan fingerprint density at radius 1 is 1.24 bits per heavy atom. The highest BCUT2D eigenvalue weighted by molar-refractivity contribution is 6.08. The Bertz CT molecular complexity index is 853. The molecule has 0 bridgehead atoms. The van der Waals surface area contributed by atoms with Gasteiger partial charge in [-0.15, -0.1) is 0 Å². The number of anilines is 1. The largest absolute Gasteiger partial charge is 0.347 e. The number of amides is 4. The van der Waals surface area contributed by atoms with Crippen molar-refractivity contribution in [1.29, 1.82) is 0 Å². The molecular weight excluding hydrogens is 320 g/mol. The van der Waals surface area contributed by atoms with Crippen LogP contribution in [0.25, 0.3) is 10.9 Å². The van der Waals surface area contributed by atoms with Crippen LogP contribution in [-0.2, 0) is 16.1 Å². The van der Waals surface area contributed by atoms with Gasteiger partial charge in [-0.05, 0) is 43.9 Å². The van der Waals surface area contributed by atoms with Crippen LogP contribution in [0, 0.1) is 0 Å². The van der Waals surface area contributed by atoms with Crippen molar-refractivity contribution in [2.75, 3.05) is 11.9 Å². The highest BCUT2D eigenvalue weighted by Gasteiger charge is 2.46. The molecule has 0 unspecified atom stereocenters. The van der Waals surface area contributed by atoms with Gasteiger partial charge in [0.25, 0.3) is 5.91 Å². The SMILES string of the molecule is CCCn1ccc2ccc(NC(=O)CN3C(=O)NC(=O)C3(C)C)cc21. The Balaban J connectivity index is 1.75. The quantitative estimate of drug-likeness (QED) is 0.818. The number of nitrogens with zero attached hydrogens (tertiary/aromatic N) is 2. The summed E-state index contributed by atoms with van der Waals surface area (Å²) in [6.45, 7) is 6.07. The molecule has 1 aliphatic heterocycles. The summed E-state index contributed by atoms with van der Waals surface area (Å²) in [7, 11) is 0. The zero-order chi connectivity index (χ0) is 18.2. The van der Waals surface area contributed by atoms with Crippen LogP contribution in [0.3, 0.4) is 0 Å². The lowest BCUT2D eigenvalue weighted by molar-refractivity contribution is -0.126. The van der Waals surface area contributed by atoms with Crippen molar-refractivity contribution in [3.05, 3.63) is 30.5 Å². The van der Waals surface area contributed by atoms with E-state index in [2.05, 4.69) is 22.1 Å². The number of rotatable bonds is 5. The normalized spacial score (nSPS) is 16.4. The Hall–Kier alpha value is -2.83. The lowest BCUT2D eigenvalue weighted by Crippen LogP contribution is -2.47. The molecular formula is C18H22N4O3. The summed E-state index contributed by atoms with van der Waals surface area (Å²) in [4.78, 5) is 37.2. The van der Waals surface area contributed by atoms with Crippen LogP contribution >= 0.6 is 0 Å². The second-order valence-electron chi connectivity index (χ2n) is 6.74. The maximum absolute atomic E-state index is 12.3. The highest BCUT2D eigenvalue weighted by atomic mass is 16.2. The van der Waals surface area contributed by atoms with Gasteiger partial charge >= 0.3 is 6.03 Å². The number of aryl methyl sites for hydroxylation is 1. The second kappa shape index (κ2) is 6.23. The fourth-order valence-corrected chi connectivity index (χ4v) is 3.01. The van der Waals surface area contributed by atoms with Crippen LogP contribution in [0.5, 0.6) is 0 Å². The summed E-state index contributed by atoms with van der Waals surface area (Å²) in [5.74, 6) is -0.741. The number of aromatic nitrogens is 1. The average Bonchev–Trinajstić information content (AvgIpc) is 3.02. The van der Waals surface area contributed by atoms with Crippen molar-refractivity contribution >= 4 is 34.4 Å². The number of carbonyl (C=O) groups is 3. The minimum Gasteiger partial charge on any atom is -0.347 e. The molecule has 1 fully saturated rings. The van der Waals surface area contributed by atoms with Crippen molar-refractivity contribution in [2.24, 2.45) is 0 Å². The van der Waals surface area contributed by atoms with Gasteiger partial charge in [-0.2, -0.15) is 0 Å². The van der Waals surface area contributed by atoms with E-state index >= 15 is 0 Å². The average molecular weight is 342 g/mol. The molecule has 0 atom stereocenters. The number of carbonyl (C=O) groups excluding carboxylic acids is 3. The molecule has 0 spiro atoms. The third kappa shape index (κ3) is 3.09. The van der Waals surface area contributed by atoms with Gasteiger partial charge in [-0.25, -0.2) is 4.79 Å². The monoisotopic (exact) mass is 342 g/mol. The van der Waals surface area contributed by atoms with Gasteiger partial charge < -0.3 is 14.8 Å². The molecule has 1 aromatic carbocycles. The van der Waals surface area contributed by atoms with E-state index in [1.54, 1.807) is 13.8 Å². The number of nitrogens with one attached hydrogen (secondary N) is 2. The minimum atomic E-state index is -1.03. The van der Waals surface area contributed by atoms with E-state index in [1.165, 1.54) is 4.90 Å². The number of imide groups is 1. The Morgan fingerprint density at radius 3 is 2.64 bits per heavy atom. The molecule has 7 heteroatoms. The lowest BCUT2D eigenvalue weighted by Gasteiger charge is -2.27. The number of hydrogen-bond acceptors (Lipinski definition) is 3. The minimum absolute atomic E-state index is 0.182. The van der Waals surface area contributed by atoms with E-state index in [1.807, 2.05) is 30.5 Å². The standard InChI is InChI=1S/C18H22N4O3/c1-4-8-21-9-7-12-5-6-13(10-14(12)21)19-15(23)11-22-17(25)20-16(24)18(22,2)3/h5-7,9-10H,4,8,11H2,1-3H3,(H,19,23)(H,20,24,25). The van der Waals surface area contributed by atoms with E-state index < -0.39 is 17.5 Å². The zero-order valence-electron chi connectivity index (χ0n) is 14.6. The second-order valence-corrected chi connectivity index (χ2v) is 6.74. The molecule has 25 heavy (non-hydrogen) atoms. The van der Waals surface area contributed by atoms with E-state index in [9.17, 15) is 14.4 Å². The van der Waals surface area contributed by atoms with Crippen LogP contribution in [0.4, 0.5) is 10.5 Å². The van der Waals surface area contributed by atoms with Crippen molar-refractivity contribution in [3.8, 4) is 0 Å². The van der Waals surface area contributed by atoms with Crippen LogP contribution in [0.2, 0.25) is 0 Å². The van der Waals surface area contributed by atoms with E-state index in [0.717, 1.165) is 23.9 Å². The first-order valence-corrected chi connectivity index (χ1v) is 8.34. The number of fused-ring (bicyclic) bond motifs is 1. The molecule has 3 rings (SSSR count). The van der Waals surface area contributed by atoms with Crippen molar-refractivity contribution in [2.45, 2.75) is 39.3 Å². The van der Waals surface area contributed by atoms with Crippen molar-refractivity contribution < 1.29 is 14.4 Å².